The molecule has 6 nitrogen and oxygen atoms in total. The molecule has 0 aromatic carbocycles. The summed E-state index contributed by atoms with van der Waals surface area (Å²) in [6.45, 7) is 3.07. The van der Waals surface area contributed by atoms with Crippen LogP contribution in [0.25, 0.3) is 0 Å². The van der Waals surface area contributed by atoms with Crippen molar-refractivity contribution >= 4 is 5.91 Å². The SMILES string of the molecule is CCN(CCC#N)C(=O)c1cc(COC)on1. The molecule has 0 aliphatic heterocycles. The molecule has 0 fully saturated rings. The van der Waals surface area contributed by atoms with Gasteiger partial charge in [0.25, 0.3) is 5.91 Å². The Labute approximate surface area is 99.7 Å². The van der Waals surface area contributed by atoms with Gasteiger partial charge in [-0.05, 0) is 6.92 Å². The number of rotatable bonds is 6. The fourth-order valence-corrected chi connectivity index (χ4v) is 1.37. The number of hydrogen-bond acceptors (Lipinski definition) is 5. The zero-order valence-electron chi connectivity index (χ0n) is 9.97. The third-order valence-corrected chi connectivity index (χ3v) is 2.23. The number of amides is 1. The first kappa shape index (κ1) is 13.2. The number of carbonyl (C=O) groups excluding carboxylic acids is 1. The summed E-state index contributed by atoms with van der Waals surface area (Å²) in [5, 5.41) is 12.2. The molecular formula is C11H15N3O3. The van der Waals surface area contributed by atoms with Crippen molar-refractivity contribution in [1.29, 1.82) is 5.26 Å². The molecule has 0 unspecified atom stereocenters. The standard InChI is InChI=1S/C11H15N3O3/c1-3-14(6-4-5-12)11(15)10-7-9(8-16-2)17-13-10/h7H,3-4,6,8H2,1-2H3. The lowest BCUT2D eigenvalue weighted by atomic mass is 10.3. The van der Waals surface area contributed by atoms with Gasteiger partial charge in [0.05, 0.1) is 12.5 Å². The maximum Gasteiger partial charge on any atom is 0.276 e. The lowest BCUT2D eigenvalue weighted by Gasteiger charge is -2.17. The summed E-state index contributed by atoms with van der Waals surface area (Å²) < 4.78 is 9.81. The van der Waals surface area contributed by atoms with E-state index < -0.39 is 0 Å². The van der Waals surface area contributed by atoms with Crippen molar-refractivity contribution in [3.05, 3.63) is 17.5 Å². The van der Waals surface area contributed by atoms with Crippen molar-refractivity contribution in [3.63, 3.8) is 0 Å². The van der Waals surface area contributed by atoms with Crippen molar-refractivity contribution in [2.75, 3.05) is 20.2 Å². The van der Waals surface area contributed by atoms with E-state index in [1.807, 2.05) is 13.0 Å². The van der Waals surface area contributed by atoms with Crippen LogP contribution in [0.4, 0.5) is 0 Å². The Hall–Kier alpha value is -1.87. The van der Waals surface area contributed by atoms with Crippen LogP contribution in [0.2, 0.25) is 0 Å². The average Bonchev–Trinajstić information content (AvgIpc) is 2.79. The van der Waals surface area contributed by atoms with E-state index in [0.29, 0.717) is 25.3 Å². The van der Waals surface area contributed by atoms with Crippen molar-refractivity contribution < 1.29 is 14.1 Å². The van der Waals surface area contributed by atoms with Gasteiger partial charge < -0.3 is 14.2 Å². The fourth-order valence-electron chi connectivity index (χ4n) is 1.37. The van der Waals surface area contributed by atoms with Crippen LogP contribution < -0.4 is 0 Å². The van der Waals surface area contributed by atoms with Gasteiger partial charge in [-0.15, -0.1) is 0 Å². The van der Waals surface area contributed by atoms with Crippen molar-refractivity contribution in [2.45, 2.75) is 20.0 Å². The summed E-state index contributed by atoms with van der Waals surface area (Å²) in [5.41, 5.74) is 0.247. The molecule has 0 bridgehead atoms. The van der Waals surface area contributed by atoms with Crippen LogP contribution in [0.3, 0.4) is 0 Å². The van der Waals surface area contributed by atoms with Crippen molar-refractivity contribution in [3.8, 4) is 6.07 Å². The predicted octanol–water partition coefficient (Wildman–Crippen LogP) is 1.20. The monoisotopic (exact) mass is 237 g/mol. The molecule has 0 atom stereocenters. The zero-order chi connectivity index (χ0) is 12.7. The zero-order valence-corrected chi connectivity index (χ0v) is 9.97. The summed E-state index contributed by atoms with van der Waals surface area (Å²) in [7, 11) is 1.54. The number of methoxy groups -OCH3 is 1. The fraction of sp³-hybridized carbons (Fsp3) is 0.545. The van der Waals surface area contributed by atoms with E-state index in [-0.39, 0.29) is 18.2 Å². The molecule has 1 rings (SSSR count). The Morgan fingerprint density at radius 2 is 2.47 bits per heavy atom. The molecule has 0 aliphatic rings. The summed E-state index contributed by atoms with van der Waals surface area (Å²) in [6.07, 6.45) is 0.308. The lowest BCUT2D eigenvalue weighted by molar-refractivity contribution is 0.0757. The van der Waals surface area contributed by atoms with Gasteiger partial charge in [-0.2, -0.15) is 5.26 Å². The predicted molar refractivity (Wildman–Crippen MR) is 59.0 cm³/mol. The van der Waals surface area contributed by atoms with E-state index in [0.717, 1.165) is 0 Å². The third-order valence-electron chi connectivity index (χ3n) is 2.23. The van der Waals surface area contributed by atoms with E-state index in [1.165, 1.54) is 7.11 Å². The highest BCUT2D eigenvalue weighted by Crippen LogP contribution is 2.08. The summed E-state index contributed by atoms with van der Waals surface area (Å²) >= 11 is 0. The second-order valence-electron chi connectivity index (χ2n) is 3.40. The van der Waals surface area contributed by atoms with E-state index in [4.69, 9.17) is 14.5 Å². The van der Waals surface area contributed by atoms with Crippen LogP contribution in [-0.2, 0) is 11.3 Å². The van der Waals surface area contributed by atoms with Crippen LogP contribution in [0.15, 0.2) is 10.6 Å². The molecule has 0 radical (unpaired) electrons. The number of aromatic nitrogens is 1. The first-order chi connectivity index (χ1) is 8.22. The summed E-state index contributed by atoms with van der Waals surface area (Å²) in [4.78, 5) is 13.5. The van der Waals surface area contributed by atoms with Crippen LogP contribution >= 0.6 is 0 Å². The van der Waals surface area contributed by atoms with Crippen LogP contribution in [-0.4, -0.2) is 36.2 Å². The maximum absolute atomic E-state index is 12.0. The molecule has 92 valence electrons. The summed E-state index contributed by atoms with van der Waals surface area (Å²) in [5.74, 6) is 0.279. The molecule has 1 aromatic rings. The molecule has 1 heterocycles. The van der Waals surface area contributed by atoms with Gasteiger partial charge in [-0.1, -0.05) is 5.16 Å². The van der Waals surface area contributed by atoms with E-state index in [2.05, 4.69) is 5.16 Å². The third kappa shape index (κ3) is 3.57. The lowest BCUT2D eigenvalue weighted by Crippen LogP contribution is -2.31. The van der Waals surface area contributed by atoms with Crippen LogP contribution in [0, 0.1) is 11.3 Å². The highest BCUT2D eigenvalue weighted by atomic mass is 16.5. The molecule has 0 saturated heterocycles. The number of nitriles is 1. The van der Waals surface area contributed by atoms with Gasteiger partial charge >= 0.3 is 0 Å². The minimum atomic E-state index is -0.228. The Morgan fingerprint density at radius 1 is 1.71 bits per heavy atom. The molecule has 17 heavy (non-hydrogen) atoms. The van der Waals surface area contributed by atoms with Crippen molar-refractivity contribution in [2.24, 2.45) is 0 Å². The average molecular weight is 237 g/mol. The number of hydrogen-bond donors (Lipinski definition) is 0. The van der Waals surface area contributed by atoms with Gasteiger partial charge in [0, 0.05) is 26.3 Å². The minimum absolute atomic E-state index is 0.228. The second-order valence-corrected chi connectivity index (χ2v) is 3.40. The molecule has 0 N–H and O–H groups in total. The van der Waals surface area contributed by atoms with Gasteiger partial charge in [-0.25, -0.2) is 0 Å². The Bertz CT molecular complexity index is 408. The Balaban J connectivity index is 2.69. The Morgan fingerprint density at radius 3 is 3.06 bits per heavy atom. The van der Waals surface area contributed by atoms with E-state index in [1.54, 1.807) is 11.0 Å². The molecule has 0 aliphatic carbocycles. The first-order valence-corrected chi connectivity index (χ1v) is 5.33. The molecule has 0 spiro atoms. The molecular weight excluding hydrogens is 222 g/mol. The topological polar surface area (TPSA) is 79.4 Å². The Kier molecular flexibility index (Phi) is 5.17. The van der Waals surface area contributed by atoms with Gasteiger partial charge in [-0.3, -0.25) is 4.79 Å². The smallest absolute Gasteiger partial charge is 0.276 e. The maximum atomic E-state index is 12.0. The molecule has 6 heteroatoms. The minimum Gasteiger partial charge on any atom is -0.377 e. The first-order valence-electron chi connectivity index (χ1n) is 5.33. The molecule has 1 aromatic heterocycles. The van der Waals surface area contributed by atoms with Crippen molar-refractivity contribution in [1.82, 2.24) is 10.1 Å². The van der Waals surface area contributed by atoms with Crippen LogP contribution in [0.1, 0.15) is 29.6 Å². The largest absolute Gasteiger partial charge is 0.377 e. The van der Waals surface area contributed by atoms with Gasteiger partial charge in [0.2, 0.25) is 0 Å². The van der Waals surface area contributed by atoms with Gasteiger partial charge in [0.1, 0.15) is 6.61 Å². The molecule has 1 amide bonds. The normalized spacial score (nSPS) is 9.94. The highest BCUT2D eigenvalue weighted by molar-refractivity contribution is 5.92. The summed E-state index contributed by atoms with van der Waals surface area (Å²) in [6, 6.07) is 3.56. The van der Waals surface area contributed by atoms with E-state index in [9.17, 15) is 4.79 Å². The van der Waals surface area contributed by atoms with Gasteiger partial charge in [0.15, 0.2) is 11.5 Å². The quantitative estimate of drug-likeness (QED) is 0.742. The number of ether oxygens (including phenoxy) is 1. The van der Waals surface area contributed by atoms with E-state index >= 15 is 0 Å². The number of carbonyl (C=O) groups is 1. The molecule has 0 saturated carbocycles. The second kappa shape index (κ2) is 6.66. The van der Waals surface area contributed by atoms with Crippen LogP contribution in [0.5, 0.6) is 0 Å². The highest BCUT2D eigenvalue weighted by Gasteiger charge is 2.18. The number of nitrogens with zero attached hydrogens (tertiary/aromatic N) is 3.